The molecule has 2 aromatic rings. The van der Waals surface area contributed by atoms with Crippen molar-refractivity contribution in [1.29, 1.82) is 0 Å². The molecule has 2 aliphatic heterocycles. The summed E-state index contributed by atoms with van der Waals surface area (Å²) >= 11 is 6.12. The Balaban J connectivity index is 1.43. The first-order valence-corrected chi connectivity index (χ1v) is 11.0. The second kappa shape index (κ2) is 10.0. The fraction of sp³-hybridized carbons (Fsp3) is 0.455. The van der Waals surface area contributed by atoms with Gasteiger partial charge in [-0.25, -0.2) is 0 Å². The molecule has 0 aliphatic carbocycles. The summed E-state index contributed by atoms with van der Waals surface area (Å²) in [4.78, 5) is 18.6. The molecule has 3 heterocycles. The highest BCUT2D eigenvalue weighted by Crippen LogP contribution is 2.43. The number of ether oxygens (including phenoxy) is 4. The molecule has 0 radical (unpaired) electrons. The van der Waals surface area contributed by atoms with Crippen molar-refractivity contribution < 1.29 is 50.1 Å². The predicted molar refractivity (Wildman–Crippen MR) is 111 cm³/mol. The van der Waals surface area contributed by atoms with Crippen molar-refractivity contribution in [2.45, 2.75) is 30.7 Å². The number of aromatic nitrogens is 1. The zero-order valence-electron chi connectivity index (χ0n) is 18.4. The molecule has 1 aromatic carbocycles. The topological polar surface area (TPSA) is 70.1 Å². The number of carbonyl (C=O) groups excluding carboxylic acids is 1. The van der Waals surface area contributed by atoms with Crippen LogP contribution in [0.5, 0.6) is 5.75 Å². The van der Waals surface area contributed by atoms with Gasteiger partial charge >= 0.3 is 12.5 Å². The third-order valence-electron chi connectivity index (χ3n) is 5.84. The molecule has 1 amide bonds. The molecule has 2 aliphatic rings. The lowest BCUT2D eigenvalue weighted by molar-refractivity contribution is -0.325. The van der Waals surface area contributed by atoms with E-state index in [2.05, 4.69) is 9.72 Å². The highest BCUT2D eigenvalue weighted by atomic mass is 35.5. The van der Waals surface area contributed by atoms with E-state index in [0.29, 0.717) is 0 Å². The van der Waals surface area contributed by atoms with E-state index in [9.17, 15) is 31.1 Å². The van der Waals surface area contributed by atoms with E-state index >= 15 is 0 Å². The van der Waals surface area contributed by atoms with Crippen LogP contribution < -0.4 is 4.74 Å². The molecule has 4 rings (SSSR count). The molecule has 7 nitrogen and oxygen atoms in total. The van der Waals surface area contributed by atoms with Crippen molar-refractivity contribution in [3.8, 4) is 5.75 Å². The quantitative estimate of drug-likeness (QED) is 0.388. The molecule has 2 atom stereocenters. The Kier molecular flexibility index (Phi) is 7.37. The van der Waals surface area contributed by atoms with E-state index in [4.69, 9.17) is 25.8 Å². The van der Waals surface area contributed by atoms with Gasteiger partial charge in [-0.15, -0.1) is 13.2 Å². The highest BCUT2D eigenvalue weighted by Gasteiger charge is 2.52. The Morgan fingerprint density at radius 2 is 1.94 bits per heavy atom. The average Bonchev–Trinajstić information content (AvgIpc) is 3.25. The SMILES string of the molecule is O=C(c1ccc(OCCOC(F)(F)F)c(Cl)c1)N1CC[C@]2(c3cc(C(F)(F)F)ccn3)OCOC2C1. The van der Waals surface area contributed by atoms with Crippen LogP contribution in [-0.4, -0.2) is 61.4 Å². The molecule has 0 bridgehead atoms. The van der Waals surface area contributed by atoms with Gasteiger partial charge in [0.05, 0.1) is 29.4 Å². The van der Waals surface area contributed by atoms with Crippen molar-refractivity contribution in [3.63, 3.8) is 0 Å². The Morgan fingerprint density at radius 3 is 2.64 bits per heavy atom. The Morgan fingerprint density at radius 1 is 1.17 bits per heavy atom. The smallest absolute Gasteiger partial charge is 0.490 e. The summed E-state index contributed by atoms with van der Waals surface area (Å²) in [6.07, 6.45) is -8.88. The average molecular weight is 541 g/mol. The van der Waals surface area contributed by atoms with Crippen molar-refractivity contribution in [1.82, 2.24) is 9.88 Å². The number of likely N-dealkylation sites (tertiary alicyclic amines) is 1. The van der Waals surface area contributed by atoms with Gasteiger partial charge in [-0.05, 0) is 30.3 Å². The van der Waals surface area contributed by atoms with E-state index in [0.717, 1.165) is 18.3 Å². The number of amides is 1. The van der Waals surface area contributed by atoms with Gasteiger partial charge in [0, 0.05) is 24.7 Å². The monoisotopic (exact) mass is 540 g/mol. The van der Waals surface area contributed by atoms with Gasteiger partial charge in [0.1, 0.15) is 30.9 Å². The maximum atomic E-state index is 13.2. The molecule has 2 saturated heterocycles. The van der Waals surface area contributed by atoms with Crippen LogP contribution in [0.4, 0.5) is 26.3 Å². The lowest BCUT2D eigenvalue weighted by Gasteiger charge is -2.41. The Hall–Kier alpha value is -2.61. The molecule has 0 N–H and O–H groups in total. The van der Waals surface area contributed by atoms with E-state index in [1.54, 1.807) is 0 Å². The number of alkyl halides is 6. The summed E-state index contributed by atoms with van der Waals surface area (Å²) in [6, 6.07) is 5.85. The van der Waals surface area contributed by atoms with Crippen LogP contribution in [0.2, 0.25) is 5.02 Å². The number of rotatable bonds is 6. The minimum absolute atomic E-state index is 0.00725. The number of benzene rings is 1. The predicted octanol–water partition coefficient (Wildman–Crippen LogP) is 4.78. The summed E-state index contributed by atoms with van der Waals surface area (Å²) in [5, 5.41) is 0.00725. The van der Waals surface area contributed by atoms with Crippen LogP contribution in [0.1, 0.15) is 28.0 Å². The van der Waals surface area contributed by atoms with Gasteiger partial charge in [0.2, 0.25) is 0 Å². The van der Waals surface area contributed by atoms with Gasteiger partial charge in [0.25, 0.3) is 5.91 Å². The first kappa shape index (κ1) is 26.5. The second-order valence-corrected chi connectivity index (χ2v) is 8.43. The molecule has 0 saturated carbocycles. The normalized spacial score (nSPS) is 22.4. The summed E-state index contributed by atoms with van der Waals surface area (Å²) in [5.74, 6) is -0.357. The Bertz CT molecular complexity index is 1120. The van der Waals surface area contributed by atoms with Crippen LogP contribution in [0, 0.1) is 0 Å². The summed E-state index contributed by atoms with van der Waals surface area (Å²) in [7, 11) is 0. The van der Waals surface area contributed by atoms with Gasteiger partial charge in [-0.1, -0.05) is 11.6 Å². The number of carbonyl (C=O) groups is 1. The lowest BCUT2D eigenvalue weighted by Crippen LogP contribution is -2.54. The van der Waals surface area contributed by atoms with E-state index in [-0.39, 0.29) is 48.3 Å². The number of piperidine rings is 1. The van der Waals surface area contributed by atoms with Crippen molar-refractivity contribution in [2.24, 2.45) is 0 Å². The zero-order chi connectivity index (χ0) is 26.1. The maximum absolute atomic E-state index is 13.2. The van der Waals surface area contributed by atoms with E-state index < -0.39 is 48.9 Å². The Labute approximate surface area is 205 Å². The molecular weight excluding hydrogens is 522 g/mol. The summed E-state index contributed by atoms with van der Waals surface area (Å²) in [5.41, 5.74) is -1.84. The molecule has 36 heavy (non-hydrogen) atoms. The van der Waals surface area contributed by atoms with E-state index in [1.165, 1.54) is 23.1 Å². The number of halogens is 7. The molecule has 1 unspecified atom stereocenters. The van der Waals surface area contributed by atoms with Gasteiger partial charge in [0.15, 0.2) is 0 Å². The minimum atomic E-state index is -4.78. The third-order valence-corrected chi connectivity index (χ3v) is 6.13. The van der Waals surface area contributed by atoms with Crippen molar-refractivity contribution in [3.05, 3.63) is 58.4 Å². The van der Waals surface area contributed by atoms with E-state index in [1.807, 2.05) is 0 Å². The van der Waals surface area contributed by atoms with Crippen LogP contribution in [0.3, 0.4) is 0 Å². The standard InChI is InChI=1S/C22H19ClF6N2O5/c23-15-9-13(1-2-16(15)33-7-8-35-22(27,28)29)19(32)31-6-4-20(18(11-31)34-12-36-20)17-10-14(3-5-30-17)21(24,25)26/h1-3,5,9-10,18H,4,6-8,11-12H2/t18?,20-/m1/s1. The third kappa shape index (κ3) is 5.69. The highest BCUT2D eigenvalue weighted by molar-refractivity contribution is 6.32. The minimum Gasteiger partial charge on any atom is -0.490 e. The lowest BCUT2D eigenvalue weighted by atomic mass is 9.84. The maximum Gasteiger partial charge on any atom is 0.522 e. The fourth-order valence-corrected chi connectivity index (χ4v) is 4.34. The van der Waals surface area contributed by atoms with Crippen LogP contribution >= 0.6 is 11.6 Å². The molecule has 1 aromatic heterocycles. The number of hydrogen-bond acceptors (Lipinski definition) is 6. The first-order chi connectivity index (χ1) is 16.9. The second-order valence-electron chi connectivity index (χ2n) is 8.02. The number of hydrogen-bond donors (Lipinski definition) is 0. The summed E-state index contributed by atoms with van der Waals surface area (Å²) in [6.45, 7) is -1.15. The molecular formula is C22H19ClF6N2O5. The number of fused-ring (bicyclic) bond motifs is 1. The molecule has 0 spiro atoms. The first-order valence-electron chi connectivity index (χ1n) is 10.6. The summed E-state index contributed by atoms with van der Waals surface area (Å²) < 4.78 is 95.8. The molecule has 14 heteroatoms. The van der Waals surface area contributed by atoms with Crippen LogP contribution in [-0.2, 0) is 26.0 Å². The van der Waals surface area contributed by atoms with Gasteiger partial charge < -0.3 is 19.1 Å². The van der Waals surface area contributed by atoms with Crippen LogP contribution in [0.25, 0.3) is 0 Å². The van der Waals surface area contributed by atoms with Crippen molar-refractivity contribution >= 4 is 17.5 Å². The fourth-order valence-electron chi connectivity index (χ4n) is 4.11. The largest absolute Gasteiger partial charge is 0.522 e. The number of nitrogens with zero attached hydrogens (tertiary/aromatic N) is 2. The van der Waals surface area contributed by atoms with Crippen molar-refractivity contribution in [2.75, 3.05) is 33.1 Å². The number of pyridine rings is 1. The molecule has 196 valence electrons. The van der Waals surface area contributed by atoms with Gasteiger partial charge in [-0.2, -0.15) is 13.2 Å². The van der Waals surface area contributed by atoms with Gasteiger partial charge in [-0.3, -0.25) is 14.5 Å². The van der Waals surface area contributed by atoms with Crippen LogP contribution in [0.15, 0.2) is 36.5 Å². The molecule has 2 fully saturated rings. The zero-order valence-corrected chi connectivity index (χ0v) is 19.1.